The van der Waals surface area contributed by atoms with E-state index in [4.69, 9.17) is 24.7 Å². The number of nitrogens with two attached hydrogens (primary N) is 1. The molecule has 11 heteroatoms. The molecular weight excluding hydrogens is 500 g/mol. The van der Waals surface area contributed by atoms with E-state index in [1.165, 1.54) is 7.11 Å². The van der Waals surface area contributed by atoms with Gasteiger partial charge in [0.15, 0.2) is 6.61 Å². The molecule has 0 heterocycles. The summed E-state index contributed by atoms with van der Waals surface area (Å²) in [5.41, 5.74) is 7.40. The van der Waals surface area contributed by atoms with Crippen LogP contribution in [0.4, 0.5) is 0 Å². The van der Waals surface area contributed by atoms with Crippen LogP contribution in [0.3, 0.4) is 0 Å². The summed E-state index contributed by atoms with van der Waals surface area (Å²) >= 11 is 0. The molecule has 0 saturated heterocycles. The van der Waals surface area contributed by atoms with Crippen molar-refractivity contribution in [3.8, 4) is 23.0 Å². The highest BCUT2D eigenvalue weighted by Crippen LogP contribution is 2.34. The van der Waals surface area contributed by atoms with Gasteiger partial charge >= 0.3 is 0 Å². The first-order chi connectivity index (χ1) is 17.6. The highest BCUT2D eigenvalue weighted by atomic mass is 32.2. The maximum atomic E-state index is 11.8. The molecule has 0 atom stereocenters. The van der Waals surface area contributed by atoms with Gasteiger partial charge in [-0.25, -0.2) is 8.42 Å². The monoisotopic (exact) mass is 536 g/mol. The van der Waals surface area contributed by atoms with Gasteiger partial charge < -0.3 is 24.7 Å². The number of rotatable bonds is 16. The van der Waals surface area contributed by atoms with E-state index in [1.807, 2.05) is 24.6 Å². The Morgan fingerprint density at radius 2 is 1.46 bits per heavy atom. The van der Waals surface area contributed by atoms with Gasteiger partial charge in [0.2, 0.25) is 10.0 Å². The van der Waals surface area contributed by atoms with Gasteiger partial charge in [-0.1, -0.05) is 32.8 Å². The lowest BCUT2D eigenvalue weighted by atomic mass is 10.0. The Kier molecular flexibility index (Phi) is 11.5. The van der Waals surface area contributed by atoms with E-state index in [0.29, 0.717) is 61.0 Å². The Labute approximate surface area is 218 Å². The van der Waals surface area contributed by atoms with Crippen molar-refractivity contribution in [2.75, 3.05) is 33.2 Å². The van der Waals surface area contributed by atoms with Gasteiger partial charge in [-0.15, -0.1) is 0 Å². The van der Waals surface area contributed by atoms with Crippen molar-refractivity contribution < 1.29 is 37.0 Å². The molecule has 204 valence electrons. The summed E-state index contributed by atoms with van der Waals surface area (Å²) < 4.78 is 47.3. The molecule has 2 aromatic rings. The standard InChI is InChI=1S/C26H36N2O8S/c1-5-9-18-21(11-7-12-22(18)36-17-24(29)28-37(4,31)32)34-15-8-16-35-23-14-13-20(26(27)30)25(33-3)19(23)10-6-2/h7,11-14H,5-6,8-10,15-17H2,1-4H3,(H2,27,30)(H,28,29). The topological polar surface area (TPSA) is 143 Å². The Bertz CT molecular complexity index is 1180. The van der Waals surface area contributed by atoms with Gasteiger partial charge in [-0.2, -0.15) is 0 Å². The van der Waals surface area contributed by atoms with Crippen molar-refractivity contribution >= 4 is 21.8 Å². The van der Waals surface area contributed by atoms with E-state index >= 15 is 0 Å². The number of sulfonamides is 1. The van der Waals surface area contributed by atoms with Crippen LogP contribution >= 0.6 is 0 Å². The van der Waals surface area contributed by atoms with Crippen LogP contribution in [0.25, 0.3) is 0 Å². The third kappa shape index (κ3) is 9.16. The van der Waals surface area contributed by atoms with Crippen molar-refractivity contribution in [2.45, 2.75) is 46.0 Å². The minimum absolute atomic E-state index is 0.320. The highest BCUT2D eigenvalue weighted by Gasteiger charge is 2.18. The van der Waals surface area contributed by atoms with Crippen LogP contribution in [0.5, 0.6) is 23.0 Å². The van der Waals surface area contributed by atoms with Gasteiger partial charge in [0, 0.05) is 17.5 Å². The third-order valence-corrected chi connectivity index (χ3v) is 5.84. The molecule has 0 fully saturated rings. The average Bonchev–Trinajstić information content (AvgIpc) is 2.83. The van der Waals surface area contributed by atoms with Crippen LogP contribution in [0.1, 0.15) is 54.6 Å². The first kappa shape index (κ1) is 29.8. The number of ether oxygens (including phenoxy) is 4. The van der Waals surface area contributed by atoms with Crippen molar-refractivity contribution in [2.24, 2.45) is 5.73 Å². The molecule has 0 aliphatic carbocycles. The zero-order chi connectivity index (χ0) is 27.4. The Morgan fingerprint density at radius 1 is 0.892 bits per heavy atom. The number of amides is 2. The van der Waals surface area contributed by atoms with Crippen molar-refractivity contribution in [3.05, 3.63) is 47.0 Å². The van der Waals surface area contributed by atoms with Crippen LogP contribution in [0.15, 0.2) is 30.3 Å². The molecular formula is C26H36N2O8S. The van der Waals surface area contributed by atoms with E-state index < -0.39 is 28.4 Å². The SMILES string of the molecule is CCCc1c(OCCCOc2ccc(C(N)=O)c(OC)c2CCC)cccc1OCC(=O)NS(C)(=O)=O. The molecule has 0 aliphatic rings. The largest absolute Gasteiger partial charge is 0.495 e. The predicted octanol–water partition coefficient (Wildman–Crippen LogP) is 3.00. The third-order valence-electron chi connectivity index (χ3n) is 5.24. The van der Waals surface area contributed by atoms with E-state index in [-0.39, 0.29) is 0 Å². The molecule has 0 unspecified atom stereocenters. The molecule has 0 spiro atoms. The number of primary amides is 1. The zero-order valence-electron chi connectivity index (χ0n) is 21.8. The summed E-state index contributed by atoms with van der Waals surface area (Å²) in [4.78, 5) is 23.6. The van der Waals surface area contributed by atoms with E-state index in [2.05, 4.69) is 0 Å². The Balaban J connectivity index is 2.01. The maximum Gasteiger partial charge on any atom is 0.271 e. The average molecular weight is 537 g/mol. The molecule has 2 aromatic carbocycles. The number of nitrogens with one attached hydrogen (secondary N) is 1. The van der Waals surface area contributed by atoms with Gasteiger partial charge in [0.1, 0.15) is 23.0 Å². The second-order valence-corrected chi connectivity index (χ2v) is 10.1. The van der Waals surface area contributed by atoms with Crippen LogP contribution in [0, 0.1) is 0 Å². The quantitative estimate of drug-likeness (QED) is 0.312. The van der Waals surface area contributed by atoms with Gasteiger partial charge in [-0.05, 0) is 37.1 Å². The Hall–Kier alpha value is -3.47. The molecule has 0 aromatic heterocycles. The zero-order valence-corrected chi connectivity index (χ0v) is 22.6. The smallest absolute Gasteiger partial charge is 0.271 e. The molecule has 10 nitrogen and oxygen atoms in total. The maximum absolute atomic E-state index is 11.8. The van der Waals surface area contributed by atoms with Crippen LogP contribution in [-0.2, 0) is 27.7 Å². The lowest BCUT2D eigenvalue weighted by molar-refractivity contribution is -0.121. The normalized spacial score (nSPS) is 11.0. The van der Waals surface area contributed by atoms with Crippen LogP contribution < -0.4 is 29.4 Å². The highest BCUT2D eigenvalue weighted by molar-refractivity contribution is 7.89. The first-order valence-corrected chi connectivity index (χ1v) is 14.0. The van der Waals surface area contributed by atoms with Crippen molar-refractivity contribution in [1.82, 2.24) is 4.72 Å². The molecule has 0 radical (unpaired) electrons. The molecule has 2 rings (SSSR count). The number of methoxy groups -OCH3 is 1. The molecule has 0 bridgehead atoms. The van der Waals surface area contributed by atoms with Gasteiger partial charge in [0.05, 0.1) is 32.1 Å². The summed E-state index contributed by atoms with van der Waals surface area (Å²) in [5, 5.41) is 0. The molecule has 37 heavy (non-hydrogen) atoms. The number of benzene rings is 2. The fourth-order valence-corrected chi connectivity index (χ4v) is 4.25. The molecule has 0 aliphatic heterocycles. The van der Waals surface area contributed by atoms with E-state index in [0.717, 1.165) is 30.2 Å². The first-order valence-electron chi connectivity index (χ1n) is 12.1. The fourth-order valence-electron chi connectivity index (χ4n) is 3.77. The second-order valence-electron chi connectivity index (χ2n) is 8.36. The van der Waals surface area contributed by atoms with E-state index in [1.54, 1.807) is 24.3 Å². The molecule has 2 amide bonds. The minimum atomic E-state index is -3.65. The van der Waals surface area contributed by atoms with E-state index in [9.17, 15) is 18.0 Å². The summed E-state index contributed by atoms with van der Waals surface area (Å²) in [6.45, 7) is 4.35. The second kappa shape index (κ2) is 14.3. The lowest BCUT2D eigenvalue weighted by Gasteiger charge is -2.18. The van der Waals surface area contributed by atoms with Gasteiger partial charge in [-0.3, -0.25) is 14.3 Å². The molecule has 3 N–H and O–H groups in total. The summed E-state index contributed by atoms with van der Waals surface area (Å²) in [6, 6.07) is 8.62. The predicted molar refractivity (Wildman–Crippen MR) is 140 cm³/mol. The number of hydrogen-bond donors (Lipinski definition) is 2. The minimum Gasteiger partial charge on any atom is -0.495 e. The number of carbonyl (C=O) groups is 2. The van der Waals surface area contributed by atoms with Crippen LogP contribution in [0.2, 0.25) is 0 Å². The molecule has 0 saturated carbocycles. The summed E-state index contributed by atoms with van der Waals surface area (Å²) in [6.07, 6.45) is 4.47. The van der Waals surface area contributed by atoms with Crippen molar-refractivity contribution in [1.29, 1.82) is 0 Å². The van der Waals surface area contributed by atoms with Crippen molar-refractivity contribution in [3.63, 3.8) is 0 Å². The Morgan fingerprint density at radius 3 is 2.00 bits per heavy atom. The summed E-state index contributed by atoms with van der Waals surface area (Å²) in [5.74, 6) is 0.857. The lowest BCUT2D eigenvalue weighted by Crippen LogP contribution is -2.33. The summed E-state index contributed by atoms with van der Waals surface area (Å²) in [7, 11) is -2.15. The van der Waals surface area contributed by atoms with Crippen LogP contribution in [-0.4, -0.2) is 53.4 Å². The number of hydrogen-bond acceptors (Lipinski definition) is 8. The fraction of sp³-hybridized carbons (Fsp3) is 0.462. The number of carbonyl (C=O) groups excluding carboxylic acids is 2. The van der Waals surface area contributed by atoms with Gasteiger partial charge in [0.25, 0.3) is 11.8 Å².